The fourth-order valence-electron chi connectivity index (χ4n) is 2.31. The van der Waals surface area contributed by atoms with Gasteiger partial charge in [-0.15, -0.1) is 0 Å². The first-order valence-electron chi connectivity index (χ1n) is 7.93. The van der Waals surface area contributed by atoms with Gasteiger partial charge < -0.3 is 0 Å². The van der Waals surface area contributed by atoms with Crippen molar-refractivity contribution in [1.82, 2.24) is 9.36 Å². The first kappa shape index (κ1) is 21.8. The Morgan fingerprint density at radius 2 is 1.77 bits per heavy atom. The van der Waals surface area contributed by atoms with Gasteiger partial charge in [0.2, 0.25) is 15.0 Å². The van der Waals surface area contributed by atoms with E-state index < -0.39 is 38.1 Å². The van der Waals surface area contributed by atoms with Gasteiger partial charge in [-0.25, -0.2) is 8.42 Å². The van der Waals surface area contributed by atoms with Gasteiger partial charge in [0.15, 0.2) is 5.82 Å². The van der Waals surface area contributed by atoms with Crippen molar-refractivity contribution in [3.05, 3.63) is 59.7 Å². The van der Waals surface area contributed by atoms with Crippen molar-refractivity contribution >= 4 is 32.4 Å². The average molecular weight is 463 g/mol. The third-order valence-electron chi connectivity index (χ3n) is 3.75. The summed E-state index contributed by atoms with van der Waals surface area (Å²) < 4.78 is 90.8. The molecule has 0 aliphatic rings. The number of aromatic nitrogens is 2. The monoisotopic (exact) mass is 463 g/mol. The van der Waals surface area contributed by atoms with Gasteiger partial charge in [0.05, 0.1) is 10.5 Å². The molecule has 0 unspecified atom stereocenters. The molecular weight excluding hydrogens is 453 g/mol. The van der Waals surface area contributed by atoms with Crippen molar-refractivity contribution in [2.45, 2.75) is 16.8 Å². The third-order valence-corrected chi connectivity index (χ3v) is 5.76. The molecule has 0 saturated heterocycles. The van der Waals surface area contributed by atoms with E-state index in [0.717, 1.165) is 30.3 Å². The lowest BCUT2D eigenvalue weighted by Crippen LogP contribution is -2.15. The van der Waals surface area contributed by atoms with E-state index in [1.165, 1.54) is 18.2 Å². The van der Waals surface area contributed by atoms with E-state index in [4.69, 9.17) is 0 Å². The molecule has 0 aliphatic carbocycles. The van der Waals surface area contributed by atoms with E-state index in [9.17, 15) is 35.2 Å². The maximum Gasteiger partial charge on any atom is 0.416 e. The normalized spacial score (nSPS) is 12.2. The van der Waals surface area contributed by atoms with Crippen molar-refractivity contribution in [2.75, 3.05) is 5.32 Å². The van der Waals surface area contributed by atoms with Gasteiger partial charge in [-0.05, 0) is 30.3 Å². The van der Waals surface area contributed by atoms with Gasteiger partial charge in [0.1, 0.15) is 0 Å². The minimum Gasteiger partial charge on any atom is -0.297 e. The highest BCUT2D eigenvalue weighted by molar-refractivity contribution is 7.91. The Hall–Kier alpha value is -2.93. The van der Waals surface area contributed by atoms with E-state index in [-0.39, 0.29) is 22.1 Å². The number of hydrogen-bond donors (Lipinski definition) is 1. The molecule has 1 N–H and O–H groups in total. The number of nitrogens with one attached hydrogen (secondary N) is 1. The summed E-state index contributed by atoms with van der Waals surface area (Å²) in [6.45, 7) is 0. The van der Waals surface area contributed by atoms with Crippen molar-refractivity contribution < 1.29 is 35.2 Å². The summed E-state index contributed by atoms with van der Waals surface area (Å²) in [6, 6.07) is 8.33. The molecule has 3 aromatic rings. The van der Waals surface area contributed by atoms with E-state index in [0.29, 0.717) is 11.5 Å². The van der Waals surface area contributed by atoms with Crippen molar-refractivity contribution in [3.8, 4) is 11.4 Å². The number of sulfone groups is 1. The molecule has 0 atom stereocenters. The maximum absolute atomic E-state index is 12.8. The van der Waals surface area contributed by atoms with Gasteiger partial charge in [0, 0.05) is 22.7 Å². The topological polar surface area (TPSA) is 89.0 Å². The smallest absolute Gasteiger partial charge is 0.297 e. The van der Waals surface area contributed by atoms with Gasteiger partial charge in [-0.3, -0.25) is 10.1 Å². The number of amides is 1. The zero-order chi connectivity index (χ0) is 22.1. The van der Waals surface area contributed by atoms with Crippen LogP contribution in [0, 0.1) is 0 Å². The van der Waals surface area contributed by atoms with E-state index >= 15 is 0 Å². The van der Waals surface area contributed by atoms with E-state index in [1.807, 2.05) is 0 Å². The van der Waals surface area contributed by atoms with Crippen LogP contribution in [0.3, 0.4) is 0 Å². The third kappa shape index (κ3) is 4.62. The Labute approximate surface area is 170 Å². The minimum absolute atomic E-state index is 0.0598. The number of rotatable bonds is 5. The van der Waals surface area contributed by atoms with Crippen LogP contribution in [-0.2, 0) is 16.0 Å². The van der Waals surface area contributed by atoms with Crippen LogP contribution in [0.2, 0.25) is 0 Å². The molecular formula is C17H10F5N3O3S2. The molecule has 13 heteroatoms. The largest absolute Gasteiger partial charge is 0.416 e. The average Bonchev–Trinajstić information content (AvgIpc) is 3.16. The molecule has 6 nitrogen and oxygen atoms in total. The zero-order valence-electron chi connectivity index (χ0n) is 14.5. The second-order valence-corrected chi connectivity index (χ2v) is 8.46. The molecule has 30 heavy (non-hydrogen) atoms. The van der Waals surface area contributed by atoms with E-state index in [1.54, 1.807) is 0 Å². The van der Waals surface area contributed by atoms with Gasteiger partial charge in [-0.1, -0.05) is 18.2 Å². The first-order chi connectivity index (χ1) is 14.0. The summed E-state index contributed by atoms with van der Waals surface area (Å²) in [5.41, 5.74) is -1.04. The highest BCUT2D eigenvalue weighted by Crippen LogP contribution is 2.32. The molecule has 1 amide bonds. The SMILES string of the molecule is O=C(Nc1nc(-c2cccc(C(F)(F)F)c2)ns1)c1cccc(S(=O)(=O)C(F)F)c1. The molecule has 0 bridgehead atoms. The van der Waals surface area contributed by atoms with Crippen LogP contribution in [0.5, 0.6) is 0 Å². The molecule has 0 saturated carbocycles. The molecule has 0 radical (unpaired) electrons. The summed E-state index contributed by atoms with van der Waals surface area (Å²) in [6.07, 6.45) is -4.55. The Balaban J connectivity index is 1.81. The predicted molar refractivity (Wildman–Crippen MR) is 97.9 cm³/mol. The fourth-order valence-corrected chi connectivity index (χ4v) is 3.66. The number of carbonyl (C=O) groups is 1. The molecule has 0 aliphatic heterocycles. The van der Waals surface area contributed by atoms with Crippen molar-refractivity contribution in [3.63, 3.8) is 0 Å². The lowest BCUT2D eigenvalue weighted by molar-refractivity contribution is -0.137. The molecule has 1 heterocycles. The Morgan fingerprint density at radius 3 is 2.43 bits per heavy atom. The maximum atomic E-state index is 12.8. The number of nitrogens with zero attached hydrogens (tertiary/aromatic N) is 2. The summed E-state index contributed by atoms with van der Waals surface area (Å²) in [7, 11) is -4.88. The Kier molecular flexibility index (Phi) is 5.85. The molecule has 0 spiro atoms. The van der Waals surface area contributed by atoms with Crippen LogP contribution in [0.15, 0.2) is 53.4 Å². The number of carbonyl (C=O) groups excluding carboxylic acids is 1. The number of halogens is 5. The predicted octanol–water partition coefficient (Wildman–Crippen LogP) is 4.47. The molecule has 1 aromatic heterocycles. The summed E-state index contributed by atoms with van der Waals surface area (Å²) in [5.74, 6) is -4.56. The first-order valence-corrected chi connectivity index (χ1v) is 10.3. The summed E-state index contributed by atoms with van der Waals surface area (Å²) in [4.78, 5) is 15.5. The number of hydrogen-bond acceptors (Lipinski definition) is 6. The number of benzene rings is 2. The second kappa shape index (κ2) is 8.07. The second-order valence-electron chi connectivity index (χ2n) is 5.79. The van der Waals surface area contributed by atoms with Gasteiger partial charge in [-0.2, -0.15) is 31.3 Å². The molecule has 3 rings (SSSR count). The fraction of sp³-hybridized carbons (Fsp3) is 0.118. The highest BCUT2D eigenvalue weighted by Gasteiger charge is 2.31. The Morgan fingerprint density at radius 1 is 1.07 bits per heavy atom. The van der Waals surface area contributed by atoms with Crippen molar-refractivity contribution in [2.24, 2.45) is 0 Å². The van der Waals surface area contributed by atoms with Crippen LogP contribution >= 0.6 is 11.5 Å². The zero-order valence-corrected chi connectivity index (χ0v) is 16.2. The molecule has 158 valence electrons. The van der Waals surface area contributed by atoms with Crippen molar-refractivity contribution in [1.29, 1.82) is 0 Å². The van der Waals surface area contributed by atoms with E-state index in [2.05, 4.69) is 14.7 Å². The minimum atomic E-state index is -4.88. The van der Waals surface area contributed by atoms with Crippen LogP contribution in [0.4, 0.5) is 27.1 Å². The van der Waals surface area contributed by atoms with Gasteiger partial charge in [0.25, 0.3) is 5.91 Å². The van der Waals surface area contributed by atoms with Crippen LogP contribution in [0.25, 0.3) is 11.4 Å². The van der Waals surface area contributed by atoms with Crippen LogP contribution < -0.4 is 5.32 Å². The standard InChI is InChI=1S/C17H10F5N3O3S2/c18-15(19)30(27,28)12-6-2-4-10(8-12)14(26)24-16-23-13(25-29-16)9-3-1-5-11(7-9)17(20,21)22/h1-8,15H,(H,23,24,25,26). The Bertz CT molecular complexity index is 1190. The lowest BCUT2D eigenvalue weighted by atomic mass is 10.1. The number of anilines is 1. The number of alkyl halides is 5. The lowest BCUT2D eigenvalue weighted by Gasteiger charge is -2.07. The highest BCUT2D eigenvalue weighted by atomic mass is 32.2. The van der Waals surface area contributed by atoms with Crippen LogP contribution in [-0.4, -0.2) is 29.4 Å². The quantitative estimate of drug-likeness (QED) is 0.564. The summed E-state index contributed by atoms with van der Waals surface area (Å²) in [5, 5.41) is 2.23. The summed E-state index contributed by atoms with van der Waals surface area (Å²) >= 11 is 0.683. The molecule has 0 fully saturated rings. The molecule has 2 aromatic carbocycles. The van der Waals surface area contributed by atoms with Gasteiger partial charge >= 0.3 is 11.9 Å². The van der Waals surface area contributed by atoms with Crippen LogP contribution in [0.1, 0.15) is 15.9 Å².